The Kier molecular flexibility index (Phi) is 6.91. The third-order valence-corrected chi connectivity index (χ3v) is 12.1. The van der Waals surface area contributed by atoms with Crippen molar-refractivity contribution in [3.8, 4) is 28.0 Å². The summed E-state index contributed by atoms with van der Waals surface area (Å²) < 4.78 is 23.4. The Morgan fingerprint density at radius 2 is 1.07 bits per heavy atom. The molecule has 1 heterocycles. The molecule has 0 aliphatic carbocycles. The second-order valence-corrected chi connectivity index (χ2v) is 14.4. The van der Waals surface area contributed by atoms with Crippen molar-refractivity contribution >= 4 is 45.4 Å². The van der Waals surface area contributed by atoms with Gasteiger partial charge in [0.05, 0.1) is 0 Å². The van der Waals surface area contributed by atoms with E-state index in [0.717, 1.165) is 65.8 Å². The predicted octanol–water partition coefficient (Wildman–Crippen LogP) is 9.95. The van der Waals surface area contributed by atoms with Crippen LogP contribution in [0.15, 0.2) is 164 Å². The van der Waals surface area contributed by atoms with E-state index in [2.05, 4.69) is 48.5 Å². The van der Waals surface area contributed by atoms with Gasteiger partial charge in [-0.1, -0.05) is 157 Å². The van der Waals surface area contributed by atoms with Gasteiger partial charge in [0.15, 0.2) is 13.2 Å². The molecule has 7 aromatic rings. The van der Waals surface area contributed by atoms with Crippen LogP contribution < -0.4 is 20.7 Å². The van der Waals surface area contributed by atoms with Gasteiger partial charge in [-0.2, -0.15) is 0 Å². The Balaban J connectivity index is 1.63. The predicted molar refractivity (Wildman–Crippen MR) is 188 cm³/mol. The molecule has 0 saturated heterocycles. The van der Waals surface area contributed by atoms with E-state index in [1.165, 1.54) is 0 Å². The molecule has 0 bridgehead atoms. The van der Waals surface area contributed by atoms with Crippen LogP contribution in [0.2, 0.25) is 5.02 Å². The van der Waals surface area contributed by atoms with Crippen LogP contribution in [0.3, 0.4) is 0 Å². The smallest absolute Gasteiger partial charge is 0.172 e. The fraction of sp³-hybridized carbons (Fsp3) is 0.0244. The molecular formula is C41H28ClO2P. The highest BCUT2D eigenvalue weighted by molar-refractivity contribution is 7.85. The number of fused-ring (bicyclic) bond motifs is 4. The maximum atomic E-state index is 16.4. The molecule has 0 N–H and O–H groups in total. The third kappa shape index (κ3) is 4.53. The highest BCUT2D eigenvalue weighted by Crippen LogP contribution is 2.56. The van der Waals surface area contributed by atoms with Gasteiger partial charge in [0.25, 0.3) is 0 Å². The standard InChI is InChI=1S/C41H28ClO2P/c42-30-26-24-29(25-27-30)40-39-38(35-22-12-13-23-36(35)44-40)37(28-14-4-1-5-15-28)33-20-10-11-21-34(33)41(39)45(43,31-16-6-2-7-17-31)32-18-8-3-9-19-32/h1-27,40H. The van der Waals surface area contributed by atoms with E-state index < -0.39 is 13.2 Å². The molecule has 1 aliphatic rings. The first-order valence-electron chi connectivity index (χ1n) is 15.0. The van der Waals surface area contributed by atoms with Crippen molar-refractivity contribution in [1.82, 2.24) is 0 Å². The van der Waals surface area contributed by atoms with E-state index in [4.69, 9.17) is 16.3 Å². The molecule has 0 fully saturated rings. The highest BCUT2D eigenvalue weighted by Gasteiger charge is 2.41. The van der Waals surface area contributed by atoms with Crippen molar-refractivity contribution in [3.63, 3.8) is 0 Å². The molecule has 0 spiro atoms. The van der Waals surface area contributed by atoms with Crippen molar-refractivity contribution < 1.29 is 9.30 Å². The van der Waals surface area contributed by atoms with Crippen LogP contribution in [0, 0.1) is 0 Å². The molecule has 0 saturated carbocycles. The van der Waals surface area contributed by atoms with E-state index in [-0.39, 0.29) is 0 Å². The number of hydrogen-bond acceptors (Lipinski definition) is 2. The first-order chi connectivity index (χ1) is 22.1. The van der Waals surface area contributed by atoms with Gasteiger partial charge in [-0.25, -0.2) is 0 Å². The van der Waals surface area contributed by atoms with Gasteiger partial charge in [0.1, 0.15) is 5.75 Å². The van der Waals surface area contributed by atoms with Gasteiger partial charge in [-0.05, 0) is 45.7 Å². The molecule has 7 aromatic carbocycles. The first-order valence-corrected chi connectivity index (χ1v) is 17.1. The topological polar surface area (TPSA) is 26.3 Å². The molecule has 4 heteroatoms. The molecule has 1 unspecified atom stereocenters. The lowest BCUT2D eigenvalue weighted by molar-refractivity contribution is 0.245. The van der Waals surface area contributed by atoms with Crippen LogP contribution in [-0.2, 0) is 4.57 Å². The fourth-order valence-electron chi connectivity index (χ4n) is 6.74. The summed E-state index contributed by atoms with van der Waals surface area (Å²) in [5.74, 6) is 0.789. The minimum Gasteiger partial charge on any atom is -0.480 e. The van der Waals surface area contributed by atoms with Crippen LogP contribution >= 0.6 is 18.7 Å². The monoisotopic (exact) mass is 618 g/mol. The van der Waals surface area contributed by atoms with Gasteiger partial charge in [-0.15, -0.1) is 0 Å². The second kappa shape index (κ2) is 11.2. The molecular weight excluding hydrogens is 591 g/mol. The Labute approximate surface area is 267 Å². The molecule has 2 nitrogen and oxygen atoms in total. The number of para-hydroxylation sites is 1. The first kappa shape index (κ1) is 27.7. The minimum atomic E-state index is -3.48. The van der Waals surface area contributed by atoms with Crippen LogP contribution in [0.4, 0.5) is 0 Å². The Hall–Kier alpha value is -4.88. The Morgan fingerprint density at radius 1 is 0.533 bits per heavy atom. The van der Waals surface area contributed by atoms with Crippen molar-refractivity contribution in [2.24, 2.45) is 0 Å². The summed E-state index contributed by atoms with van der Waals surface area (Å²) in [5.41, 5.74) is 6.09. The summed E-state index contributed by atoms with van der Waals surface area (Å²) in [5, 5.41) is 5.02. The lowest BCUT2D eigenvalue weighted by Gasteiger charge is -2.36. The molecule has 1 atom stereocenters. The number of hydrogen-bond donors (Lipinski definition) is 0. The minimum absolute atomic E-state index is 0.532. The number of rotatable bonds is 5. The third-order valence-electron chi connectivity index (χ3n) is 8.68. The van der Waals surface area contributed by atoms with E-state index in [1.807, 2.05) is 115 Å². The maximum absolute atomic E-state index is 16.4. The van der Waals surface area contributed by atoms with Crippen molar-refractivity contribution in [3.05, 3.63) is 180 Å². The number of halogens is 1. The van der Waals surface area contributed by atoms with Crippen LogP contribution in [0.5, 0.6) is 5.75 Å². The zero-order chi connectivity index (χ0) is 30.4. The quantitative estimate of drug-likeness (QED) is 0.179. The van der Waals surface area contributed by atoms with Crippen LogP contribution in [0.1, 0.15) is 17.2 Å². The zero-order valence-electron chi connectivity index (χ0n) is 24.3. The van der Waals surface area contributed by atoms with E-state index in [1.54, 1.807) is 0 Å². The average molecular weight is 619 g/mol. The van der Waals surface area contributed by atoms with E-state index >= 15 is 4.57 Å². The normalized spacial score (nSPS) is 13.9. The van der Waals surface area contributed by atoms with Crippen LogP contribution in [-0.4, -0.2) is 0 Å². The highest BCUT2D eigenvalue weighted by atomic mass is 35.5. The summed E-state index contributed by atoms with van der Waals surface area (Å²) in [6.45, 7) is 0. The summed E-state index contributed by atoms with van der Waals surface area (Å²) in [6, 6.07) is 54.7. The molecule has 8 rings (SSSR count). The molecule has 0 amide bonds. The lowest BCUT2D eigenvalue weighted by atomic mass is 9.81. The maximum Gasteiger partial charge on any atom is 0.172 e. The SMILES string of the molecule is O=P(c1ccccc1)(c1ccccc1)c1c2c(c(-c3ccccc3)c3ccccc13)-c1ccccc1OC2c1ccc(Cl)cc1. The summed E-state index contributed by atoms with van der Waals surface area (Å²) in [7, 11) is -3.48. The second-order valence-electron chi connectivity index (χ2n) is 11.2. The zero-order valence-corrected chi connectivity index (χ0v) is 26.0. The van der Waals surface area contributed by atoms with Gasteiger partial charge in [-0.3, -0.25) is 0 Å². The van der Waals surface area contributed by atoms with Crippen molar-refractivity contribution in [2.75, 3.05) is 0 Å². The van der Waals surface area contributed by atoms with Crippen LogP contribution in [0.25, 0.3) is 33.0 Å². The number of ether oxygens (including phenoxy) is 1. The fourth-order valence-corrected chi connectivity index (χ4v) is 9.96. The van der Waals surface area contributed by atoms with Gasteiger partial charge in [0.2, 0.25) is 0 Å². The van der Waals surface area contributed by atoms with E-state index in [9.17, 15) is 0 Å². The van der Waals surface area contributed by atoms with Gasteiger partial charge >= 0.3 is 0 Å². The van der Waals surface area contributed by atoms with Crippen molar-refractivity contribution in [2.45, 2.75) is 6.10 Å². The molecule has 0 aromatic heterocycles. The lowest BCUT2D eigenvalue weighted by Crippen LogP contribution is -2.32. The number of benzene rings is 7. The Bertz CT molecular complexity index is 2170. The average Bonchev–Trinajstić information content (AvgIpc) is 3.11. The summed E-state index contributed by atoms with van der Waals surface area (Å²) in [6.07, 6.45) is -0.532. The van der Waals surface area contributed by atoms with Crippen molar-refractivity contribution in [1.29, 1.82) is 0 Å². The molecule has 45 heavy (non-hydrogen) atoms. The summed E-state index contributed by atoms with van der Waals surface area (Å²) >= 11 is 6.39. The Morgan fingerprint density at radius 3 is 1.71 bits per heavy atom. The summed E-state index contributed by atoms with van der Waals surface area (Å²) in [4.78, 5) is 0. The molecule has 216 valence electrons. The molecule has 1 aliphatic heterocycles. The molecule has 0 radical (unpaired) electrons. The van der Waals surface area contributed by atoms with E-state index in [0.29, 0.717) is 5.02 Å². The largest absolute Gasteiger partial charge is 0.480 e. The van der Waals surface area contributed by atoms with Gasteiger partial charge in [0, 0.05) is 37.6 Å². The van der Waals surface area contributed by atoms with Gasteiger partial charge < -0.3 is 9.30 Å².